The predicted molar refractivity (Wildman–Crippen MR) is 74.2 cm³/mol. The number of rotatable bonds is 3. The van der Waals surface area contributed by atoms with Crippen molar-refractivity contribution in [2.45, 2.75) is 38.1 Å². The number of nitrogens with one attached hydrogen (secondary N) is 1. The van der Waals surface area contributed by atoms with Crippen molar-refractivity contribution in [3.8, 4) is 0 Å². The lowest BCUT2D eigenvalue weighted by Crippen LogP contribution is -2.53. The highest BCUT2D eigenvalue weighted by Crippen LogP contribution is 2.31. The van der Waals surface area contributed by atoms with E-state index in [1.54, 1.807) is 6.07 Å². The quantitative estimate of drug-likeness (QED) is 0.895. The smallest absolute Gasteiger partial charge is 0.270 e. The summed E-state index contributed by atoms with van der Waals surface area (Å²) in [6.07, 6.45) is 5.15. The number of aliphatic hydroxyl groups is 1. The minimum absolute atomic E-state index is 0.0357. The Kier molecular flexibility index (Phi) is 4.42. The molecule has 0 radical (unpaired) electrons. The molecule has 1 saturated carbocycles. The summed E-state index contributed by atoms with van der Waals surface area (Å²) in [7, 11) is 0. The molecular weight excluding hydrogens is 264 g/mol. The van der Waals surface area contributed by atoms with Crippen molar-refractivity contribution in [3.05, 3.63) is 29.0 Å². The van der Waals surface area contributed by atoms with E-state index < -0.39 is 5.54 Å². The van der Waals surface area contributed by atoms with Gasteiger partial charge >= 0.3 is 0 Å². The first-order valence-corrected chi connectivity index (χ1v) is 6.97. The highest BCUT2D eigenvalue weighted by atomic mass is 35.5. The van der Waals surface area contributed by atoms with E-state index in [0.29, 0.717) is 16.6 Å². The molecule has 104 valence electrons. The molecule has 1 aromatic heterocycles. The minimum Gasteiger partial charge on any atom is -0.394 e. The Morgan fingerprint density at radius 2 is 2.26 bits per heavy atom. The molecule has 4 nitrogen and oxygen atoms in total. The fourth-order valence-corrected chi connectivity index (χ4v) is 2.63. The summed E-state index contributed by atoms with van der Waals surface area (Å²) in [4.78, 5) is 16.2. The first-order chi connectivity index (χ1) is 9.04. The third-order valence-electron chi connectivity index (χ3n) is 3.87. The molecule has 0 bridgehead atoms. The standard InChI is InChI=1S/C14H19ClN2O2/c1-10-2-5-14(9-18,6-3-10)17-13(19)12-8-11(15)4-7-16-12/h4,7-8,10,18H,2-3,5-6,9H2,1H3,(H,17,19). The molecule has 1 heterocycles. The topological polar surface area (TPSA) is 62.2 Å². The van der Waals surface area contributed by atoms with Gasteiger partial charge in [0, 0.05) is 11.2 Å². The molecule has 0 spiro atoms. The number of aromatic nitrogens is 1. The van der Waals surface area contributed by atoms with Crippen LogP contribution in [0.25, 0.3) is 0 Å². The lowest BCUT2D eigenvalue weighted by atomic mass is 9.77. The van der Waals surface area contributed by atoms with Crippen molar-refractivity contribution in [2.24, 2.45) is 5.92 Å². The molecule has 0 unspecified atom stereocenters. The Hall–Kier alpha value is -1.13. The van der Waals surface area contributed by atoms with Gasteiger partial charge in [0.15, 0.2) is 0 Å². The molecule has 1 fully saturated rings. The molecule has 1 amide bonds. The number of hydrogen-bond donors (Lipinski definition) is 2. The zero-order chi connectivity index (χ0) is 13.9. The minimum atomic E-state index is -0.506. The summed E-state index contributed by atoms with van der Waals surface area (Å²) in [5.41, 5.74) is -0.216. The lowest BCUT2D eigenvalue weighted by Gasteiger charge is -2.38. The van der Waals surface area contributed by atoms with Crippen molar-refractivity contribution in [2.75, 3.05) is 6.61 Å². The molecule has 0 saturated heterocycles. The van der Waals surface area contributed by atoms with E-state index in [1.807, 2.05) is 0 Å². The first-order valence-electron chi connectivity index (χ1n) is 6.60. The summed E-state index contributed by atoms with van der Waals surface area (Å²) in [5.74, 6) is 0.381. The number of carbonyl (C=O) groups is 1. The first kappa shape index (κ1) is 14.3. The maximum Gasteiger partial charge on any atom is 0.270 e. The van der Waals surface area contributed by atoms with Gasteiger partial charge in [-0.2, -0.15) is 0 Å². The maximum atomic E-state index is 12.2. The zero-order valence-electron chi connectivity index (χ0n) is 11.0. The van der Waals surface area contributed by atoms with Gasteiger partial charge in [0.25, 0.3) is 5.91 Å². The number of amides is 1. The van der Waals surface area contributed by atoms with Crippen LogP contribution >= 0.6 is 11.6 Å². The number of hydrogen-bond acceptors (Lipinski definition) is 3. The molecule has 1 aliphatic carbocycles. The van der Waals surface area contributed by atoms with Gasteiger partial charge in [0.2, 0.25) is 0 Å². The van der Waals surface area contributed by atoms with Crippen molar-refractivity contribution >= 4 is 17.5 Å². The Morgan fingerprint density at radius 1 is 1.58 bits per heavy atom. The fraction of sp³-hybridized carbons (Fsp3) is 0.571. The van der Waals surface area contributed by atoms with E-state index >= 15 is 0 Å². The molecule has 19 heavy (non-hydrogen) atoms. The normalized spacial score (nSPS) is 27.0. The van der Waals surface area contributed by atoms with E-state index in [1.165, 1.54) is 12.3 Å². The van der Waals surface area contributed by atoms with Gasteiger partial charge in [-0.15, -0.1) is 0 Å². The highest BCUT2D eigenvalue weighted by Gasteiger charge is 2.35. The Morgan fingerprint density at radius 3 is 2.84 bits per heavy atom. The Balaban J connectivity index is 2.08. The Labute approximate surface area is 118 Å². The fourth-order valence-electron chi connectivity index (χ4n) is 2.47. The van der Waals surface area contributed by atoms with Crippen LogP contribution in [0.4, 0.5) is 0 Å². The molecule has 1 aliphatic rings. The summed E-state index contributed by atoms with van der Waals surface area (Å²) in [5, 5.41) is 13.0. The van der Waals surface area contributed by atoms with E-state index in [2.05, 4.69) is 17.2 Å². The van der Waals surface area contributed by atoms with Crippen LogP contribution in [0, 0.1) is 5.92 Å². The zero-order valence-corrected chi connectivity index (χ0v) is 11.8. The predicted octanol–water partition coefficient (Wildman–Crippen LogP) is 2.41. The van der Waals surface area contributed by atoms with Gasteiger partial charge in [-0.25, -0.2) is 0 Å². The van der Waals surface area contributed by atoms with Gasteiger partial charge < -0.3 is 10.4 Å². The van der Waals surface area contributed by atoms with Crippen LogP contribution in [0.5, 0.6) is 0 Å². The van der Waals surface area contributed by atoms with Crippen LogP contribution in [0.3, 0.4) is 0 Å². The monoisotopic (exact) mass is 282 g/mol. The SMILES string of the molecule is CC1CCC(CO)(NC(=O)c2cc(Cl)ccn2)CC1. The van der Waals surface area contributed by atoms with Gasteiger partial charge in [0.1, 0.15) is 5.69 Å². The third kappa shape index (κ3) is 3.45. The van der Waals surface area contributed by atoms with E-state index in [0.717, 1.165) is 25.7 Å². The average molecular weight is 283 g/mol. The summed E-state index contributed by atoms with van der Waals surface area (Å²) >= 11 is 5.85. The second kappa shape index (κ2) is 5.88. The van der Waals surface area contributed by atoms with Crippen molar-refractivity contribution < 1.29 is 9.90 Å². The van der Waals surface area contributed by atoms with Crippen LogP contribution < -0.4 is 5.32 Å². The van der Waals surface area contributed by atoms with Gasteiger partial charge in [-0.3, -0.25) is 9.78 Å². The summed E-state index contributed by atoms with van der Waals surface area (Å²) in [6.45, 7) is 2.16. The molecule has 1 aromatic rings. The second-order valence-corrected chi connectivity index (χ2v) is 5.87. The number of carbonyl (C=O) groups excluding carboxylic acids is 1. The molecule has 0 aliphatic heterocycles. The van der Waals surface area contributed by atoms with Gasteiger partial charge in [0.05, 0.1) is 12.1 Å². The largest absolute Gasteiger partial charge is 0.394 e. The van der Waals surface area contributed by atoms with E-state index in [-0.39, 0.29) is 12.5 Å². The van der Waals surface area contributed by atoms with Crippen LogP contribution in [-0.4, -0.2) is 28.1 Å². The molecule has 2 N–H and O–H groups in total. The lowest BCUT2D eigenvalue weighted by molar-refractivity contribution is 0.0712. The number of halogens is 1. The third-order valence-corrected chi connectivity index (χ3v) is 4.10. The number of aliphatic hydroxyl groups excluding tert-OH is 1. The molecule has 0 atom stereocenters. The number of pyridine rings is 1. The van der Waals surface area contributed by atoms with Crippen molar-refractivity contribution in [1.82, 2.24) is 10.3 Å². The highest BCUT2D eigenvalue weighted by molar-refractivity contribution is 6.30. The molecule has 0 aromatic carbocycles. The Bertz CT molecular complexity index is 457. The average Bonchev–Trinajstić information content (AvgIpc) is 2.42. The van der Waals surface area contributed by atoms with Crippen LogP contribution in [0.15, 0.2) is 18.3 Å². The number of nitrogens with zero attached hydrogens (tertiary/aromatic N) is 1. The van der Waals surface area contributed by atoms with Gasteiger partial charge in [-0.05, 0) is 43.7 Å². The molecule has 5 heteroatoms. The van der Waals surface area contributed by atoms with Crippen LogP contribution in [0.2, 0.25) is 5.02 Å². The second-order valence-electron chi connectivity index (χ2n) is 5.43. The molecular formula is C14H19ClN2O2. The summed E-state index contributed by atoms with van der Waals surface area (Å²) < 4.78 is 0. The van der Waals surface area contributed by atoms with Crippen LogP contribution in [0.1, 0.15) is 43.1 Å². The maximum absolute atomic E-state index is 12.2. The van der Waals surface area contributed by atoms with E-state index in [4.69, 9.17) is 11.6 Å². The van der Waals surface area contributed by atoms with E-state index in [9.17, 15) is 9.90 Å². The van der Waals surface area contributed by atoms with Crippen LogP contribution in [-0.2, 0) is 0 Å². The van der Waals surface area contributed by atoms with Gasteiger partial charge in [-0.1, -0.05) is 18.5 Å². The summed E-state index contributed by atoms with van der Waals surface area (Å²) in [6, 6.07) is 3.16. The molecule has 2 rings (SSSR count). The van der Waals surface area contributed by atoms with Crippen molar-refractivity contribution in [3.63, 3.8) is 0 Å². The van der Waals surface area contributed by atoms with Crippen molar-refractivity contribution in [1.29, 1.82) is 0 Å².